The summed E-state index contributed by atoms with van der Waals surface area (Å²) in [5, 5.41) is 2.63. The van der Waals surface area contributed by atoms with E-state index in [1.54, 1.807) is 24.3 Å². The molecule has 0 radical (unpaired) electrons. The Kier molecular flexibility index (Phi) is 5.31. The molecular weight excluding hydrogens is 278 g/mol. The number of rotatable bonds is 5. The Balaban J connectivity index is 2.01. The highest BCUT2D eigenvalue weighted by atomic mass is 16.5. The fourth-order valence-electron chi connectivity index (χ4n) is 1.99. The van der Waals surface area contributed by atoms with Crippen molar-refractivity contribution in [2.45, 2.75) is 20.5 Å². The van der Waals surface area contributed by atoms with E-state index in [0.29, 0.717) is 11.3 Å². The van der Waals surface area contributed by atoms with Crippen LogP contribution in [0.4, 0.5) is 10.5 Å². The van der Waals surface area contributed by atoms with Gasteiger partial charge >= 0.3 is 6.09 Å². The quantitative estimate of drug-likeness (QED) is 0.838. The number of ketones is 1. The van der Waals surface area contributed by atoms with Crippen LogP contribution in [0.3, 0.4) is 0 Å². The maximum absolute atomic E-state index is 12.1. The number of Topliss-reactive ketones (excluding diaryl/α,β-unsaturated/α-hetero) is 1. The molecule has 0 unspecified atom stereocenters. The van der Waals surface area contributed by atoms with Crippen LogP contribution in [0.15, 0.2) is 54.6 Å². The van der Waals surface area contributed by atoms with Crippen LogP contribution in [0.2, 0.25) is 0 Å². The van der Waals surface area contributed by atoms with E-state index < -0.39 is 6.09 Å². The number of benzene rings is 2. The molecule has 22 heavy (non-hydrogen) atoms. The number of para-hydroxylation sites is 1. The van der Waals surface area contributed by atoms with Gasteiger partial charge < -0.3 is 4.74 Å². The molecule has 0 spiro atoms. The summed E-state index contributed by atoms with van der Waals surface area (Å²) in [6.45, 7) is 3.84. The second-order valence-electron chi connectivity index (χ2n) is 5.25. The van der Waals surface area contributed by atoms with Crippen molar-refractivity contribution in [3.8, 4) is 0 Å². The summed E-state index contributed by atoms with van der Waals surface area (Å²) in [6.07, 6.45) is -0.576. The molecule has 0 saturated heterocycles. The van der Waals surface area contributed by atoms with Crippen molar-refractivity contribution >= 4 is 17.6 Å². The van der Waals surface area contributed by atoms with E-state index in [1.165, 1.54) is 0 Å². The van der Waals surface area contributed by atoms with Crippen LogP contribution < -0.4 is 5.32 Å². The van der Waals surface area contributed by atoms with E-state index in [-0.39, 0.29) is 18.3 Å². The number of ether oxygens (including phenoxy) is 1. The second-order valence-corrected chi connectivity index (χ2v) is 5.25. The molecule has 0 fully saturated rings. The van der Waals surface area contributed by atoms with Crippen molar-refractivity contribution in [3.63, 3.8) is 0 Å². The molecule has 4 heteroatoms. The average Bonchev–Trinajstić information content (AvgIpc) is 2.53. The molecule has 0 aliphatic rings. The molecule has 0 aliphatic heterocycles. The number of carbonyl (C=O) groups is 2. The minimum Gasteiger partial charge on any atom is -0.444 e. The standard InChI is InChI=1S/C18H19NO3/c1-13(2)17(20)15-10-6-7-11-16(15)19-18(21)22-12-14-8-4-3-5-9-14/h3-11,13H,12H2,1-2H3,(H,19,21). The average molecular weight is 297 g/mol. The number of carbonyl (C=O) groups excluding carboxylic acids is 2. The van der Waals surface area contributed by atoms with E-state index in [4.69, 9.17) is 4.74 Å². The van der Waals surface area contributed by atoms with Crippen molar-refractivity contribution in [3.05, 3.63) is 65.7 Å². The Hall–Kier alpha value is -2.62. The molecule has 1 N–H and O–H groups in total. The Morgan fingerprint density at radius 2 is 1.64 bits per heavy atom. The lowest BCUT2D eigenvalue weighted by atomic mass is 9.99. The summed E-state index contributed by atoms with van der Waals surface area (Å²) in [6, 6.07) is 16.4. The van der Waals surface area contributed by atoms with Crippen molar-refractivity contribution in [1.29, 1.82) is 0 Å². The number of hydrogen-bond donors (Lipinski definition) is 1. The topological polar surface area (TPSA) is 55.4 Å². The van der Waals surface area contributed by atoms with Gasteiger partial charge in [-0.05, 0) is 17.7 Å². The van der Waals surface area contributed by atoms with E-state index in [1.807, 2.05) is 44.2 Å². The lowest BCUT2D eigenvalue weighted by Gasteiger charge is -2.12. The van der Waals surface area contributed by atoms with Crippen LogP contribution in [-0.4, -0.2) is 11.9 Å². The highest BCUT2D eigenvalue weighted by Gasteiger charge is 2.16. The molecule has 1 amide bonds. The summed E-state index contributed by atoms with van der Waals surface area (Å²) >= 11 is 0. The van der Waals surface area contributed by atoms with Crippen LogP contribution in [-0.2, 0) is 11.3 Å². The number of anilines is 1. The first-order chi connectivity index (χ1) is 10.6. The first-order valence-corrected chi connectivity index (χ1v) is 7.19. The first-order valence-electron chi connectivity index (χ1n) is 7.19. The third-order valence-corrected chi connectivity index (χ3v) is 3.17. The molecule has 0 heterocycles. The van der Waals surface area contributed by atoms with E-state index in [2.05, 4.69) is 5.32 Å². The van der Waals surface area contributed by atoms with Crippen molar-refractivity contribution in [2.75, 3.05) is 5.32 Å². The van der Waals surface area contributed by atoms with Gasteiger partial charge in [-0.25, -0.2) is 4.79 Å². The highest BCUT2D eigenvalue weighted by molar-refractivity contribution is 6.04. The van der Waals surface area contributed by atoms with Crippen LogP contribution in [0.5, 0.6) is 0 Å². The smallest absolute Gasteiger partial charge is 0.411 e. The molecule has 2 rings (SSSR count). The molecule has 2 aromatic carbocycles. The number of hydrogen-bond acceptors (Lipinski definition) is 3. The van der Waals surface area contributed by atoms with Gasteiger partial charge in [0, 0.05) is 11.5 Å². The molecule has 114 valence electrons. The Morgan fingerprint density at radius 1 is 1.00 bits per heavy atom. The largest absolute Gasteiger partial charge is 0.444 e. The molecule has 0 aromatic heterocycles. The monoisotopic (exact) mass is 297 g/mol. The SMILES string of the molecule is CC(C)C(=O)c1ccccc1NC(=O)OCc1ccccc1. The van der Waals surface area contributed by atoms with Crippen LogP contribution in [0.1, 0.15) is 29.8 Å². The maximum Gasteiger partial charge on any atom is 0.411 e. The molecule has 0 atom stereocenters. The van der Waals surface area contributed by atoms with Gasteiger partial charge in [-0.1, -0.05) is 56.3 Å². The predicted octanol–water partition coefficient (Wildman–Crippen LogP) is 4.27. The zero-order chi connectivity index (χ0) is 15.9. The van der Waals surface area contributed by atoms with Crippen LogP contribution in [0.25, 0.3) is 0 Å². The molecule has 0 bridgehead atoms. The van der Waals surface area contributed by atoms with Crippen molar-refractivity contribution in [1.82, 2.24) is 0 Å². The van der Waals surface area contributed by atoms with Gasteiger partial charge in [0.15, 0.2) is 5.78 Å². The van der Waals surface area contributed by atoms with Gasteiger partial charge in [-0.3, -0.25) is 10.1 Å². The highest BCUT2D eigenvalue weighted by Crippen LogP contribution is 2.19. The lowest BCUT2D eigenvalue weighted by Crippen LogP contribution is -2.17. The summed E-state index contributed by atoms with van der Waals surface area (Å²) in [5.41, 5.74) is 1.87. The lowest BCUT2D eigenvalue weighted by molar-refractivity contribution is 0.0940. The maximum atomic E-state index is 12.1. The minimum atomic E-state index is -0.576. The zero-order valence-corrected chi connectivity index (χ0v) is 12.7. The Bertz CT molecular complexity index is 650. The third-order valence-electron chi connectivity index (χ3n) is 3.17. The Morgan fingerprint density at radius 3 is 2.32 bits per heavy atom. The second kappa shape index (κ2) is 7.41. The van der Waals surface area contributed by atoms with Gasteiger partial charge in [0.2, 0.25) is 0 Å². The minimum absolute atomic E-state index is 0.0149. The van der Waals surface area contributed by atoms with Crippen LogP contribution in [0, 0.1) is 5.92 Å². The Labute approximate surface area is 130 Å². The van der Waals surface area contributed by atoms with Crippen molar-refractivity contribution < 1.29 is 14.3 Å². The number of nitrogens with one attached hydrogen (secondary N) is 1. The molecular formula is C18H19NO3. The molecule has 2 aromatic rings. The fourth-order valence-corrected chi connectivity index (χ4v) is 1.99. The van der Waals surface area contributed by atoms with E-state index in [0.717, 1.165) is 5.56 Å². The van der Waals surface area contributed by atoms with Gasteiger partial charge in [0.1, 0.15) is 6.61 Å². The first kappa shape index (κ1) is 15.8. The van der Waals surface area contributed by atoms with Gasteiger partial charge in [0.25, 0.3) is 0 Å². The van der Waals surface area contributed by atoms with Crippen LogP contribution >= 0.6 is 0 Å². The van der Waals surface area contributed by atoms with E-state index >= 15 is 0 Å². The predicted molar refractivity (Wildman–Crippen MR) is 85.9 cm³/mol. The van der Waals surface area contributed by atoms with E-state index in [9.17, 15) is 9.59 Å². The zero-order valence-electron chi connectivity index (χ0n) is 12.7. The third kappa shape index (κ3) is 4.19. The molecule has 4 nitrogen and oxygen atoms in total. The summed E-state index contributed by atoms with van der Waals surface area (Å²) in [5.74, 6) is -0.151. The fraction of sp³-hybridized carbons (Fsp3) is 0.222. The molecule has 0 saturated carbocycles. The summed E-state index contributed by atoms with van der Waals surface area (Å²) < 4.78 is 5.17. The van der Waals surface area contributed by atoms with Crippen molar-refractivity contribution in [2.24, 2.45) is 5.92 Å². The summed E-state index contributed by atoms with van der Waals surface area (Å²) in [7, 11) is 0. The van der Waals surface area contributed by atoms with Gasteiger partial charge in [0.05, 0.1) is 5.69 Å². The normalized spacial score (nSPS) is 10.3. The molecule has 0 aliphatic carbocycles. The van der Waals surface area contributed by atoms with Gasteiger partial charge in [-0.2, -0.15) is 0 Å². The summed E-state index contributed by atoms with van der Waals surface area (Å²) in [4.78, 5) is 24.0. The number of amides is 1. The van der Waals surface area contributed by atoms with Gasteiger partial charge in [-0.15, -0.1) is 0 Å².